The Morgan fingerprint density at radius 3 is 2.50 bits per heavy atom. The predicted octanol–water partition coefficient (Wildman–Crippen LogP) is 5.30. The van der Waals surface area contributed by atoms with E-state index in [1.165, 1.54) is 24.4 Å². The van der Waals surface area contributed by atoms with Crippen LogP contribution < -0.4 is 4.72 Å². The lowest BCUT2D eigenvalue weighted by Gasteiger charge is -2.10. The summed E-state index contributed by atoms with van der Waals surface area (Å²) in [7, 11) is -3.94. The highest BCUT2D eigenvalue weighted by Gasteiger charge is 2.16. The van der Waals surface area contributed by atoms with Crippen LogP contribution in [0.1, 0.15) is 5.56 Å². The van der Waals surface area contributed by atoms with Crippen LogP contribution in [0.2, 0.25) is 10.0 Å². The van der Waals surface area contributed by atoms with E-state index in [1.54, 1.807) is 31.2 Å². The fraction of sp³-hybridized carbons (Fsp3) is 0.0556. The van der Waals surface area contributed by atoms with Crippen molar-refractivity contribution >= 4 is 39.0 Å². The fourth-order valence-electron chi connectivity index (χ4n) is 2.28. The van der Waals surface area contributed by atoms with Gasteiger partial charge in [0.1, 0.15) is 11.6 Å². The van der Waals surface area contributed by atoms with Gasteiger partial charge in [-0.1, -0.05) is 41.4 Å². The van der Waals surface area contributed by atoms with Crippen LogP contribution in [0.25, 0.3) is 11.1 Å². The summed E-state index contributed by atoms with van der Waals surface area (Å²) in [6.07, 6.45) is 1.48. The van der Waals surface area contributed by atoms with E-state index in [2.05, 4.69) is 9.71 Å². The Labute approximate surface area is 160 Å². The van der Waals surface area contributed by atoms with Gasteiger partial charge < -0.3 is 0 Å². The quantitative estimate of drug-likeness (QED) is 0.634. The molecule has 0 atom stereocenters. The standard InChI is InChI=1S/C18H13Cl2FN2O2S/c1-11-5-7-13(9-16(11)21)26(24,25)23-17-8-6-12(10-22-17)14-3-2-4-15(19)18(14)20/h2-10H,1H3,(H,22,23). The first-order valence-corrected chi connectivity index (χ1v) is 9.71. The maximum atomic E-state index is 13.6. The lowest BCUT2D eigenvalue weighted by molar-refractivity contribution is 0.593. The van der Waals surface area contributed by atoms with Gasteiger partial charge >= 0.3 is 0 Å². The van der Waals surface area contributed by atoms with Gasteiger partial charge in [0.05, 0.1) is 14.9 Å². The monoisotopic (exact) mass is 410 g/mol. The van der Waals surface area contributed by atoms with Crippen LogP contribution in [-0.4, -0.2) is 13.4 Å². The van der Waals surface area contributed by atoms with Crippen LogP contribution in [-0.2, 0) is 10.0 Å². The van der Waals surface area contributed by atoms with E-state index in [9.17, 15) is 12.8 Å². The van der Waals surface area contributed by atoms with E-state index < -0.39 is 15.8 Å². The van der Waals surface area contributed by atoms with Crippen molar-refractivity contribution in [1.82, 2.24) is 4.98 Å². The SMILES string of the molecule is Cc1ccc(S(=O)(=O)Nc2ccc(-c3cccc(Cl)c3Cl)cn2)cc1F. The second-order valence-electron chi connectivity index (χ2n) is 5.55. The minimum Gasteiger partial charge on any atom is -0.263 e. The molecule has 26 heavy (non-hydrogen) atoms. The predicted molar refractivity (Wildman–Crippen MR) is 102 cm³/mol. The van der Waals surface area contributed by atoms with E-state index in [-0.39, 0.29) is 10.7 Å². The number of pyridine rings is 1. The number of nitrogens with one attached hydrogen (secondary N) is 1. The fourth-order valence-corrected chi connectivity index (χ4v) is 3.71. The summed E-state index contributed by atoms with van der Waals surface area (Å²) in [6.45, 7) is 1.56. The third-order valence-electron chi connectivity index (χ3n) is 3.72. The molecule has 1 aromatic heterocycles. The Morgan fingerprint density at radius 1 is 1.08 bits per heavy atom. The van der Waals surface area contributed by atoms with Gasteiger partial charge in [-0.2, -0.15) is 0 Å². The van der Waals surface area contributed by atoms with Crippen LogP contribution in [0.5, 0.6) is 0 Å². The third-order valence-corrected chi connectivity index (χ3v) is 5.89. The molecule has 0 aliphatic heterocycles. The number of aryl methyl sites for hydroxylation is 1. The normalized spacial score (nSPS) is 11.4. The number of hydrogen-bond acceptors (Lipinski definition) is 3. The summed E-state index contributed by atoms with van der Waals surface area (Å²) in [5.74, 6) is -0.486. The van der Waals surface area contributed by atoms with E-state index in [4.69, 9.17) is 23.2 Å². The van der Waals surface area contributed by atoms with Crippen molar-refractivity contribution in [3.05, 3.63) is 76.2 Å². The number of benzene rings is 2. The average molecular weight is 411 g/mol. The van der Waals surface area contributed by atoms with Gasteiger partial charge in [0.25, 0.3) is 10.0 Å². The van der Waals surface area contributed by atoms with Gasteiger partial charge in [0.15, 0.2) is 0 Å². The molecule has 3 rings (SSSR count). The average Bonchev–Trinajstić information content (AvgIpc) is 2.60. The first-order chi connectivity index (χ1) is 12.3. The Bertz CT molecular complexity index is 1070. The molecule has 3 aromatic rings. The third kappa shape index (κ3) is 3.82. The molecule has 134 valence electrons. The van der Waals surface area contributed by atoms with Gasteiger partial charge in [-0.3, -0.25) is 4.72 Å². The number of halogens is 3. The van der Waals surface area contributed by atoms with Gasteiger partial charge in [-0.25, -0.2) is 17.8 Å². The van der Waals surface area contributed by atoms with Crippen molar-refractivity contribution in [2.75, 3.05) is 4.72 Å². The molecule has 1 heterocycles. The molecule has 1 N–H and O–H groups in total. The Balaban J connectivity index is 1.87. The maximum absolute atomic E-state index is 13.6. The molecule has 0 unspecified atom stereocenters. The smallest absolute Gasteiger partial charge is 0.263 e. The number of aromatic nitrogens is 1. The van der Waals surface area contributed by atoms with Crippen LogP contribution in [0, 0.1) is 12.7 Å². The van der Waals surface area contributed by atoms with Crippen molar-refractivity contribution in [2.45, 2.75) is 11.8 Å². The van der Waals surface area contributed by atoms with E-state index in [0.29, 0.717) is 26.7 Å². The zero-order valence-corrected chi connectivity index (χ0v) is 15.8. The maximum Gasteiger partial charge on any atom is 0.263 e. The summed E-state index contributed by atoms with van der Waals surface area (Å²) in [6, 6.07) is 12.1. The molecule has 0 aliphatic rings. The van der Waals surface area contributed by atoms with Crippen molar-refractivity contribution in [1.29, 1.82) is 0 Å². The van der Waals surface area contributed by atoms with Crippen molar-refractivity contribution in [3.63, 3.8) is 0 Å². The number of nitrogens with zero attached hydrogens (tertiary/aromatic N) is 1. The number of hydrogen-bond donors (Lipinski definition) is 1. The molecular weight excluding hydrogens is 398 g/mol. The molecule has 0 aliphatic carbocycles. The summed E-state index contributed by atoms with van der Waals surface area (Å²) in [5, 5.41) is 0.801. The van der Waals surface area contributed by atoms with Crippen molar-refractivity contribution < 1.29 is 12.8 Å². The Hall–Kier alpha value is -2.15. The summed E-state index contributed by atoms with van der Waals surface area (Å²) in [5.41, 5.74) is 1.73. The Kier molecular flexibility index (Phi) is 5.18. The zero-order chi connectivity index (χ0) is 18.9. The molecule has 0 radical (unpaired) electrons. The van der Waals surface area contributed by atoms with E-state index >= 15 is 0 Å². The van der Waals surface area contributed by atoms with Crippen molar-refractivity contribution in [3.8, 4) is 11.1 Å². The molecule has 4 nitrogen and oxygen atoms in total. The van der Waals surface area contributed by atoms with Crippen molar-refractivity contribution in [2.24, 2.45) is 0 Å². The van der Waals surface area contributed by atoms with Gasteiger partial charge in [-0.05, 0) is 42.8 Å². The molecule has 0 spiro atoms. The second kappa shape index (κ2) is 7.23. The van der Waals surface area contributed by atoms with Crippen LogP contribution in [0.15, 0.2) is 59.6 Å². The first kappa shape index (κ1) is 18.6. The molecule has 0 amide bonds. The largest absolute Gasteiger partial charge is 0.263 e. The van der Waals surface area contributed by atoms with Crippen LogP contribution in [0.4, 0.5) is 10.2 Å². The number of rotatable bonds is 4. The summed E-state index contributed by atoms with van der Waals surface area (Å²) in [4.78, 5) is 3.91. The highest BCUT2D eigenvalue weighted by Crippen LogP contribution is 2.33. The van der Waals surface area contributed by atoms with E-state index in [1.807, 2.05) is 0 Å². The molecule has 0 bridgehead atoms. The molecule has 8 heteroatoms. The van der Waals surface area contributed by atoms with Gasteiger partial charge in [0.2, 0.25) is 0 Å². The molecule has 0 fully saturated rings. The summed E-state index contributed by atoms with van der Waals surface area (Å²) < 4.78 is 40.7. The highest BCUT2D eigenvalue weighted by atomic mass is 35.5. The Morgan fingerprint density at radius 2 is 1.85 bits per heavy atom. The summed E-state index contributed by atoms with van der Waals surface area (Å²) >= 11 is 12.2. The molecular formula is C18H13Cl2FN2O2S. The number of anilines is 1. The first-order valence-electron chi connectivity index (χ1n) is 7.47. The van der Waals surface area contributed by atoms with Crippen LogP contribution in [0.3, 0.4) is 0 Å². The number of sulfonamides is 1. The highest BCUT2D eigenvalue weighted by molar-refractivity contribution is 7.92. The topological polar surface area (TPSA) is 59.1 Å². The molecule has 2 aromatic carbocycles. The van der Waals surface area contributed by atoms with Gasteiger partial charge in [-0.15, -0.1) is 0 Å². The van der Waals surface area contributed by atoms with Gasteiger partial charge in [0, 0.05) is 17.3 Å². The molecule has 0 saturated heterocycles. The van der Waals surface area contributed by atoms with Crippen LogP contribution >= 0.6 is 23.2 Å². The minimum atomic E-state index is -3.94. The lowest BCUT2D eigenvalue weighted by Crippen LogP contribution is -2.14. The minimum absolute atomic E-state index is 0.105. The second-order valence-corrected chi connectivity index (χ2v) is 8.02. The van der Waals surface area contributed by atoms with E-state index in [0.717, 1.165) is 6.07 Å². The lowest BCUT2D eigenvalue weighted by atomic mass is 10.1. The molecule has 0 saturated carbocycles. The zero-order valence-electron chi connectivity index (χ0n) is 13.5.